The number of pyridine rings is 1. The van der Waals surface area contributed by atoms with E-state index in [1.807, 2.05) is 18.3 Å². The first-order valence-corrected chi connectivity index (χ1v) is 11.4. The van der Waals surface area contributed by atoms with Gasteiger partial charge < -0.3 is 15.5 Å². The molecule has 1 aliphatic carbocycles. The molecule has 5 nitrogen and oxygen atoms in total. The maximum Gasteiger partial charge on any atom is 0.0516 e. The van der Waals surface area contributed by atoms with E-state index in [4.69, 9.17) is 0 Å². The molecule has 0 spiro atoms. The Balaban J connectivity index is 1.27. The number of hydrazine groups is 1. The van der Waals surface area contributed by atoms with Gasteiger partial charge in [0.2, 0.25) is 0 Å². The van der Waals surface area contributed by atoms with E-state index < -0.39 is 0 Å². The van der Waals surface area contributed by atoms with Crippen LogP contribution >= 0.6 is 11.9 Å². The summed E-state index contributed by atoms with van der Waals surface area (Å²) in [6.07, 6.45) is 10.2. The second-order valence-electron chi connectivity index (χ2n) is 7.60. The number of nitrogens with one attached hydrogen (secondary N) is 4. The van der Waals surface area contributed by atoms with E-state index >= 15 is 0 Å². The Bertz CT molecular complexity index is 895. The van der Waals surface area contributed by atoms with Crippen LogP contribution in [0.25, 0.3) is 0 Å². The molecule has 0 radical (unpaired) electrons. The van der Waals surface area contributed by atoms with Crippen molar-refractivity contribution in [3.05, 3.63) is 78.6 Å². The third kappa shape index (κ3) is 6.15. The van der Waals surface area contributed by atoms with Gasteiger partial charge in [0.25, 0.3) is 0 Å². The lowest BCUT2D eigenvalue weighted by atomic mass is 9.95. The fourth-order valence-electron chi connectivity index (χ4n) is 3.63. The minimum absolute atomic E-state index is 0.602. The molecule has 2 aromatic carbocycles. The fraction of sp³-hybridized carbons (Fsp3) is 0.292. The summed E-state index contributed by atoms with van der Waals surface area (Å²) in [5.41, 5.74) is 10.9. The van der Waals surface area contributed by atoms with Gasteiger partial charge in [-0.25, -0.2) is 5.43 Å². The molecule has 0 bridgehead atoms. The molecular formula is C24H29N5S. The number of aromatic nitrogens is 1. The van der Waals surface area contributed by atoms with E-state index in [1.54, 1.807) is 18.1 Å². The lowest BCUT2D eigenvalue weighted by Gasteiger charge is -2.25. The van der Waals surface area contributed by atoms with Crippen LogP contribution in [0, 0.1) is 0 Å². The molecule has 0 unspecified atom stereocenters. The van der Waals surface area contributed by atoms with Gasteiger partial charge in [-0.3, -0.25) is 4.98 Å². The molecule has 1 saturated carbocycles. The van der Waals surface area contributed by atoms with Crippen LogP contribution < -0.4 is 20.9 Å². The van der Waals surface area contributed by atoms with E-state index in [2.05, 4.69) is 74.4 Å². The van der Waals surface area contributed by atoms with Crippen molar-refractivity contribution in [3.8, 4) is 0 Å². The zero-order valence-corrected chi connectivity index (χ0v) is 17.9. The third-order valence-corrected chi connectivity index (χ3v) is 6.18. The Kier molecular flexibility index (Phi) is 7.47. The summed E-state index contributed by atoms with van der Waals surface area (Å²) in [6.45, 7) is 0.717. The SMILES string of the molecule is c1cncc(CNNc2ccc(NSc3ccccc3NC3CCCCC3)cc2)c1. The molecule has 156 valence electrons. The Morgan fingerprint density at radius 2 is 1.67 bits per heavy atom. The summed E-state index contributed by atoms with van der Waals surface area (Å²) in [7, 11) is 0. The highest BCUT2D eigenvalue weighted by atomic mass is 32.2. The molecule has 1 aliphatic rings. The third-order valence-electron chi connectivity index (χ3n) is 5.26. The average molecular weight is 420 g/mol. The number of anilines is 3. The minimum atomic E-state index is 0.602. The van der Waals surface area contributed by atoms with Crippen molar-refractivity contribution in [3.63, 3.8) is 0 Å². The van der Waals surface area contributed by atoms with Crippen LogP contribution in [0.5, 0.6) is 0 Å². The molecule has 3 aromatic rings. The first-order chi connectivity index (χ1) is 14.9. The molecule has 0 saturated heterocycles. The van der Waals surface area contributed by atoms with Crippen molar-refractivity contribution < 1.29 is 0 Å². The first kappa shape index (κ1) is 20.6. The molecule has 1 heterocycles. The van der Waals surface area contributed by atoms with Crippen LogP contribution in [0.3, 0.4) is 0 Å². The van der Waals surface area contributed by atoms with E-state index in [-0.39, 0.29) is 0 Å². The highest BCUT2D eigenvalue weighted by molar-refractivity contribution is 8.00. The van der Waals surface area contributed by atoms with Crippen molar-refractivity contribution >= 4 is 29.0 Å². The molecule has 4 rings (SSSR count). The van der Waals surface area contributed by atoms with Crippen molar-refractivity contribution in [2.45, 2.75) is 49.6 Å². The van der Waals surface area contributed by atoms with E-state index in [1.165, 1.54) is 42.7 Å². The molecule has 0 amide bonds. The molecule has 6 heteroatoms. The van der Waals surface area contributed by atoms with Crippen LogP contribution in [0.2, 0.25) is 0 Å². The molecule has 0 atom stereocenters. The second kappa shape index (κ2) is 10.9. The predicted octanol–water partition coefficient (Wildman–Crippen LogP) is 6.06. The Labute approximate surface area is 183 Å². The molecular weight excluding hydrogens is 390 g/mol. The van der Waals surface area contributed by atoms with Gasteiger partial charge >= 0.3 is 0 Å². The number of hydrogen-bond donors (Lipinski definition) is 4. The van der Waals surface area contributed by atoms with E-state index in [9.17, 15) is 0 Å². The number of rotatable bonds is 9. The largest absolute Gasteiger partial charge is 0.381 e. The van der Waals surface area contributed by atoms with E-state index in [0.29, 0.717) is 12.6 Å². The van der Waals surface area contributed by atoms with Crippen LogP contribution in [-0.4, -0.2) is 11.0 Å². The zero-order valence-electron chi connectivity index (χ0n) is 17.1. The number of nitrogens with zero attached hydrogens (tertiary/aromatic N) is 1. The maximum absolute atomic E-state index is 4.12. The normalized spacial score (nSPS) is 14.3. The van der Waals surface area contributed by atoms with Gasteiger partial charge in [-0.05, 0) is 72.8 Å². The van der Waals surface area contributed by atoms with Gasteiger partial charge in [0, 0.05) is 42.0 Å². The highest BCUT2D eigenvalue weighted by Gasteiger charge is 2.14. The summed E-state index contributed by atoms with van der Waals surface area (Å²) in [4.78, 5) is 5.35. The monoisotopic (exact) mass is 419 g/mol. The van der Waals surface area contributed by atoms with Crippen LogP contribution in [0.4, 0.5) is 17.1 Å². The maximum atomic E-state index is 4.12. The Hall–Kier alpha value is -2.70. The molecule has 1 fully saturated rings. The molecule has 30 heavy (non-hydrogen) atoms. The van der Waals surface area contributed by atoms with Gasteiger partial charge in [0.1, 0.15) is 0 Å². The van der Waals surface area contributed by atoms with Crippen molar-refractivity contribution in [2.75, 3.05) is 15.5 Å². The molecule has 1 aromatic heterocycles. The molecule has 4 N–H and O–H groups in total. The second-order valence-corrected chi connectivity index (χ2v) is 8.44. The summed E-state index contributed by atoms with van der Waals surface area (Å²) in [5, 5.41) is 3.75. The number of benzene rings is 2. The number of para-hydroxylation sites is 1. The van der Waals surface area contributed by atoms with Gasteiger partial charge in [0.15, 0.2) is 0 Å². The van der Waals surface area contributed by atoms with Crippen molar-refractivity contribution in [1.29, 1.82) is 0 Å². The van der Waals surface area contributed by atoms with Crippen molar-refractivity contribution in [2.24, 2.45) is 0 Å². The lowest BCUT2D eigenvalue weighted by Crippen LogP contribution is -2.22. The first-order valence-electron chi connectivity index (χ1n) is 10.6. The topological polar surface area (TPSA) is 61.0 Å². The Morgan fingerprint density at radius 1 is 0.867 bits per heavy atom. The van der Waals surface area contributed by atoms with Gasteiger partial charge in [0.05, 0.1) is 4.90 Å². The molecule has 0 aliphatic heterocycles. The highest BCUT2D eigenvalue weighted by Crippen LogP contribution is 2.31. The van der Waals surface area contributed by atoms with Gasteiger partial charge in [-0.2, -0.15) is 0 Å². The van der Waals surface area contributed by atoms with E-state index in [0.717, 1.165) is 16.9 Å². The van der Waals surface area contributed by atoms with Gasteiger partial charge in [-0.15, -0.1) is 0 Å². The Morgan fingerprint density at radius 3 is 2.47 bits per heavy atom. The smallest absolute Gasteiger partial charge is 0.0516 e. The average Bonchev–Trinajstić information content (AvgIpc) is 2.81. The quantitative estimate of drug-likeness (QED) is 0.250. The fourth-order valence-corrected chi connectivity index (χ4v) is 4.38. The zero-order chi connectivity index (χ0) is 20.4. The number of hydrogen-bond acceptors (Lipinski definition) is 6. The minimum Gasteiger partial charge on any atom is -0.381 e. The van der Waals surface area contributed by atoms with Crippen molar-refractivity contribution in [1.82, 2.24) is 10.4 Å². The predicted molar refractivity (Wildman–Crippen MR) is 128 cm³/mol. The summed E-state index contributed by atoms with van der Waals surface area (Å²) >= 11 is 1.65. The summed E-state index contributed by atoms with van der Waals surface area (Å²) in [5.74, 6) is 0. The standard InChI is InChI=1S/C24H29N5S/c1-2-8-20(9-3-1)27-23-10-4-5-11-24(23)30-29-22-14-12-21(13-15-22)28-26-18-19-7-6-16-25-17-19/h4-7,10-17,20,26-29H,1-3,8-9,18H2. The summed E-state index contributed by atoms with van der Waals surface area (Å²) in [6, 6.07) is 21.4. The van der Waals surface area contributed by atoms with Crippen LogP contribution in [-0.2, 0) is 6.54 Å². The van der Waals surface area contributed by atoms with Gasteiger partial charge in [-0.1, -0.05) is 37.5 Å². The lowest BCUT2D eigenvalue weighted by molar-refractivity contribution is 0.462. The summed E-state index contributed by atoms with van der Waals surface area (Å²) < 4.78 is 3.47. The van der Waals surface area contributed by atoms with Crippen LogP contribution in [0.15, 0.2) is 78.0 Å². The van der Waals surface area contributed by atoms with Crippen LogP contribution in [0.1, 0.15) is 37.7 Å².